The normalized spacial score (nSPS) is 10.1. The number of carbonyl (C=O) groups excluding carboxylic acids is 3. The third-order valence-electron chi connectivity index (χ3n) is 3.96. The first kappa shape index (κ1) is 21.7. The summed E-state index contributed by atoms with van der Waals surface area (Å²) in [5.74, 6) is 0.511. The second-order valence-electron chi connectivity index (χ2n) is 6.26. The molecule has 0 aliphatic carbocycles. The lowest BCUT2D eigenvalue weighted by Crippen LogP contribution is -2.16. The van der Waals surface area contributed by atoms with Crippen LogP contribution in [0.15, 0.2) is 36.4 Å². The Balaban J connectivity index is 2.02. The molecule has 2 aromatic rings. The lowest BCUT2D eigenvalue weighted by molar-refractivity contribution is -0.124. The standard InChI is InChI=1S/C21H24N2O6/c1-13(24)9-19(25)22-15-7-5-14(6-8-15)10-20(26)23-16-11-17(27-2)21(29-4)18(12-16)28-3/h5-8,11-12H,9-10H2,1-4H3,(H,22,25)(H,23,26). The van der Waals surface area contributed by atoms with Crippen LogP contribution in [0.25, 0.3) is 0 Å². The number of carbonyl (C=O) groups is 3. The minimum Gasteiger partial charge on any atom is -0.493 e. The molecule has 2 N–H and O–H groups in total. The summed E-state index contributed by atoms with van der Waals surface area (Å²) in [7, 11) is 4.50. The van der Waals surface area contributed by atoms with Crippen LogP contribution in [0.4, 0.5) is 11.4 Å². The first-order chi connectivity index (χ1) is 13.9. The highest BCUT2D eigenvalue weighted by atomic mass is 16.5. The number of nitrogens with one attached hydrogen (secondary N) is 2. The van der Waals surface area contributed by atoms with Gasteiger partial charge in [0.2, 0.25) is 17.6 Å². The Morgan fingerprint density at radius 3 is 1.83 bits per heavy atom. The summed E-state index contributed by atoms with van der Waals surface area (Å²) in [6.45, 7) is 1.36. The van der Waals surface area contributed by atoms with Crippen molar-refractivity contribution in [2.24, 2.45) is 0 Å². The van der Waals surface area contributed by atoms with E-state index in [1.165, 1.54) is 28.3 Å². The van der Waals surface area contributed by atoms with Crippen molar-refractivity contribution in [2.45, 2.75) is 19.8 Å². The Bertz CT molecular complexity index is 868. The quantitative estimate of drug-likeness (QED) is 0.628. The molecule has 0 aromatic heterocycles. The maximum Gasteiger partial charge on any atom is 0.231 e. The molecular weight excluding hydrogens is 376 g/mol. The number of hydrogen-bond donors (Lipinski definition) is 2. The fourth-order valence-corrected chi connectivity index (χ4v) is 2.68. The summed E-state index contributed by atoms with van der Waals surface area (Å²) in [5.41, 5.74) is 1.84. The van der Waals surface area contributed by atoms with Crippen LogP contribution >= 0.6 is 0 Å². The number of rotatable bonds is 9. The van der Waals surface area contributed by atoms with Crippen LogP contribution in [0.5, 0.6) is 17.2 Å². The molecule has 0 spiro atoms. The molecule has 154 valence electrons. The SMILES string of the molecule is COc1cc(NC(=O)Cc2ccc(NC(=O)CC(C)=O)cc2)cc(OC)c1OC. The van der Waals surface area contributed by atoms with Crippen LogP contribution < -0.4 is 24.8 Å². The molecule has 0 unspecified atom stereocenters. The molecule has 8 nitrogen and oxygen atoms in total. The predicted molar refractivity (Wildman–Crippen MR) is 109 cm³/mol. The van der Waals surface area contributed by atoms with Crippen molar-refractivity contribution >= 4 is 29.0 Å². The predicted octanol–water partition coefficient (Wildman–Crippen LogP) is 2.81. The van der Waals surface area contributed by atoms with Crippen molar-refractivity contribution in [2.75, 3.05) is 32.0 Å². The molecular formula is C21H24N2O6. The molecule has 2 aromatic carbocycles. The Morgan fingerprint density at radius 2 is 1.34 bits per heavy atom. The molecule has 0 aliphatic rings. The molecule has 8 heteroatoms. The van der Waals surface area contributed by atoms with Crippen LogP contribution in [0.1, 0.15) is 18.9 Å². The molecule has 29 heavy (non-hydrogen) atoms. The number of Topliss-reactive ketones (excluding diaryl/α,β-unsaturated/α-hetero) is 1. The maximum atomic E-state index is 12.4. The van der Waals surface area contributed by atoms with Crippen LogP contribution in [-0.2, 0) is 20.8 Å². The molecule has 0 radical (unpaired) electrons. The molecule has 2 amide bonds. The summed E-state index contributed by atoms with van der Waals surface area (Å²) in [6.07, 6.45) is -0.0305. The molecule has 0 saturated heterocycles. The fourth-order valence-electron chi connectivity index (χ4n) is 2.68. The van der Waals surface area contributed by atoms with Gasteiger partial charge in [0.05, 0.1) is 34.2 Å². The van der Waals surface area contributed by atoms with E-state index in [4.69, 9.17) is 14.2 Å². The molecule has 0 aliphatic heterocycles. The summed E-state index contributed by atoms with van der Waals surface area (Å²) >= 11 is 0. The summed E-state index contributed by atoms with van der Waals surface area (Å²) in [5, 5.41) is 5.43. The molecule has 0 heterocycles. The number of amides is 2. The van der Waals surface area contributed by atoms with Gasteiger partial charge in [0.25, 0.3) is 0 Å². The Labute approximate surface area is 169 Å². The zero-order chi connectivity index (χ0) is 21.4. The highest BCUT2D eigenvalue weighted by Gasteiger charge is 2.15. The van der Waals surface area contributed by atoms with Crippen molar-refractivity contribution in [3.63, 3.8) is 0 Å². The first-order valence-electron chi connectivity index (χ1n) is 8.84. The van der Waals surface area contributed by atoms with E-state index in [1.807, 2.05) is 0 Å². The van der Waals surface area contributed by atoms with E-state index in [-0.39, 0.29) is 30.4 Å². The minimum atomic E-state index is -0.370. The van der Waals surface area contributed by atoms with Crippen LogP contribution in [0.3, 0.4) is 0 Å². The van der Waals surface area contributed by atoms with Gasteiger partial charge in [0.1, 0.15) is 5.78 Å². The highest BCUT2D eigenvalue weighted by molar-refractivity contribution is 6.03. The van der Waals surface area contributed by atoms with Crippen LogP contribution in [-0.4, -0.2) is 38.9 Å². The molecule has 0 saturated carbocycles. The topological polar surface area (TPSA) is 103 Å². The second kappa shape index (κ2) is 10.1. The van der Waals surface area contributed by atoms with Gasteiger partial charge in [-0.3, -0.25) is 14.4 Å². The molecule has 0 atom stereocenters. The van der Waals surface area contributed by atoms with E-state index in [0.717, 1.165) is 5.56 Å². The number of benzene rings is 2. The average molecular weight is 400 g/mol. The largest absolute Gasteiger partial charge is 0.493 e. The second-order valence-corrected chi connectivity index (χ2v) is 6.26. The van der Waals surface area contributed by atoms with Crippen LogP contribution in [0, 0.1) is 0 Å². The van der Waals surface area contributed by atoms with Gasteiger partial charge in [-0.2, -0.15) is 0 Å². The monoisotopic (exact) mass is 400 g/mol. The van der Waals surface area contributed by atoms with Gasteiger partial charge in [-0.15, -0.1) is 0 Å². The Morgan fingerprint density at radius 1 is 0.793 bits per heavy atom. The highest BCUT2D eigenvalue weighted by Crippen LogP contribution is 2.39. The van der Waals surface area contributed by atoms with E-state index in [2.05, 4.69) is 10.6 Å². The zero-order valence-corrected chi connectivity index (χ0v) is 16.8. The van der Waals surface area contributed by atoms with Gasteiger partial charge in [-0.1, -0.05) is 12.1 Å². The molecule has 0 bridgehead atoms. The molecule has 2 rings (SSSR count). The fraction of sp³-hybridized carbons (Fsp3) is 0.286. The van der Waals surface area contributed by atoms with Crippen molar-refractivity contribution in [3.05, 3.63) is 42.0 Å². The van der Waals surface area contributed by atoms with E-state index in [1.54, 1.807) is 36.4 Å². The zero-order valence-electron chi connectivity index (χ0n) is 16.8. The van der Waals surface area contributed by atoms with Gasteiger partial charge >= 0.3 is 0 Å². The number of ether oxygens (including phenoxy) is 3. The van der Waals surface area contributed by atoms with E-state index in [0.29, 0.717) is 28.6 Å². The Hall–Kier alpha value is -3.55. The summed E-state index contributed by atoms with van der Waals surface area (Å²) < 4.78 is 15.8. The lowest BCUT2D eigenvalue weighted by Gasteiger charge is -2.14. The van der Waals surface area contributed by atoms with Gasteiger partial charge in [0, 0.05) is 23.5 Å². The summed E-state index contributed by atoms with van der Waals surface area (Å²) in [6, 6.07) is 10.1. The summed E-state index contributed by atoms with van der Waals surface area (Å²) in [4.78, 5) is 35.0. The minimum absolute atomic E-state index is 0.137. The Kier molecular flexibility index (Phi) is 7.59. The van der Waals surface area contributed by atoms with Gasteiger partial charge < -0.3 is 24.8 Å². The van der Waals surface area contributed by atoms with Gasteiger partial charge in [-0.25, -0.2) is 0 Å². The third kappa shape index (κ3) is 6.24. The first-order valence-corrected chi connectivity index (χ1v) is 8.84. The lowest BCUT2D eigenvalue weighted by atomic mass is 10.1. The van der Waals surface area contributed by atoms with Gasteiger partial charge in [-0.05, 0) is 24.6 Å². The van der Waals surface area contributed by atoms with Gasteiger partial charge in [0.15, 0.2) is 11.5 Å². The number of anilines is 2. The van der Waals surface area contributed by atoms with Crippen molar-refractivity contribution in [3.8, 4) is 17.2 Å². The maximum absolute atomic E-state index is 12.4. The van der Waals surface area contributed by atoms with Crippen molar-refractivity contribution in [1.29, 1.82) is 0 Å². The number of hydrogen-bond acceptors (Lipinski definition) is 6. The van der Waals surface area contributed by atoms with Crippen molar-refractivity contribution in [1.82, 2.24) is 0 Å². The molecule has 0 fully saturated rings. The van der Waals surface area contributed by atoms with E-state index < -0.39 is 0 Å². The average Bonchev–Trinajstić information content (AvgIpc) is 2.67. The van der Waals surface area contributed by atoms with E-state index in [9.17, 15) is 14.4 Å². The number of ketones is 1. The smallest absolute Gasteiger partial charge is 0.231 e. The van der Waals surface area contributed by atoms with Crippen LogP contribution in [0.2, 0.25) is 0 Å². The van der Waals surface area contributed by atoms with Crippen molar-refractivity contribution < 1.29 is 28.6 Å². The number of methoxy groups -OCH3 is 3. The third-order valence-corrected chi connectivity index (χ3v) is 3.96. The van der Waals surface area contributed by atoms with E-state index >= 15 is 0 Å².